The Hall–Kier alpha value is -1.67. The molecule has 18 heavy (non-hydrogen) atoms. The van der Waals surface area contributed by atoms with Crippen LogP contribution in [0, 0.1) is 5.82 Å². The Labute approximate surface area is 107 Å². The van der Waals surface area contributed by atoms with Crippen LogP contribution in [0.5, 0.6) is 0 Å². The second-order valence-corrected chi connectivity index (χ2v) is 4.87. The monoisotopic (exact) mass is 241 g/mol. The van der Waals surface area contributed by atoms with Gasteiger partial charge in [-0.3, -0.25) is 0 Å². The van der Waals surface area contributed by atoms with Gasteiger partial charge in [-0.2, -0.15) is 0 Å². The van der Waals surface area contributed by atoms with Crippen LogP contribution >= 0.6 is 0 Å². The minimum atomic E-state index is -0.0811. The SMILES string of the molecule is CC1c2c(F)cccc2CNC1c1ccccc1. The summed E-state index contributed by atoms with van der Waals surface area (Å²) >= 11 is 0. The van der Waals surface area contributed by atoms with Crippen molar-refractivity contribution < 1.29 is 4.39 Å². The quantitative estimate of drug-likeness (QED) is 0.801. The first-order valence-corrected chi connectivity index (χ1v) is 6.33. The Bertz CT molecular complexity index is 550. The normalized spacial score (nSPS) is 22.6. The fourth-order valence-corrected chi connectivity index (χ4v) is 2.88. The number of nitrogens with one attached hydrogen (secondary N) is 1. The first-order chi connectivity index (χ1) is 8.77. The highest BCUT2D eigenvalue weighted by atomic mass is 19.1. The van der Waals surface area contributed by atoms with E-state index in [1.54, 1.807) is 12.1 Å². The molecule has 0 aromatic heterocycles. The summed E-state index contributed by atoms with van der Waals surface area (Å²) in [6, 6.07) is 15.8. The van der Waals surface area contributed by atoms with E-state index in [1.165, 1.54) is 5.56 Å². The third kappa shape index (κ3) is 1.83. The molecule has 1 nitrogen and oxygen atoms in total. The van der Waals surface area contributed by atoms with Gasteiger partial charge in [0.1, 0.15) is 5.82 Å². The van der Waals surface area contributed by atoms with Gasteiger partial charge in [0.25, 0.3) is 0 Å². The Morgan fingerprint density at radius 3 is 2.61 bits per heavy atom. The van der Waals surface area contributed by atoms with E-state index in [-0.39, 0.29) is 17.8 Å². The van der Waals surface area contributed by atoms with Gasteiger partial charge in [-0.25, -0.2) is 4.39 Å². The predicted octanol–water partition coefficient (Wildman–Crippen LogP) is 3.77. The molecule has 0 bridgehead atoms. The lowest BCUT2D eigenvalue weighted by atomic mass is 9.82. The topological polar surface area (TPSA) is 12.0 Å². The Morgan fingerprint density at radius 2 is 1.83 bits per heavy atom. The molecule has 0 saturated carbocycles. The van der Waals surface area contributed by atoms with Gasteiger partial charge in [0, 0.05) is 18.5 Å². The third-order valence-corrected chi connectivity index (χ3v) is 3.77. The number of fused-ring (bicyclic) bond motifs is 1. The van der Waals surface area contributed by atoms with Gasteiger partial charge >= 0.3 is 0 Å². The molecule has 0 saturated heterocycles. The molecule has 0 fully saturated rings. The molecule has 2 heteroatoms. The van der Waals surface area contributed by atoms with Crippen molar-refractivity contribution in [2.75, 3.05) is 0 Å². The molecular formula is C16H16FN. The van der Waals surface area contributed by atoms with Crippen molar-refractivity contribution in [3.63, 3.8) is 0 Å². The fourth-order valence-electron chi connectivity index (χ4n) is 2.88. The van der Waals surface area contributed by atoms with Gasteiger partial charge in [0.2, 0.25) is 0 Å². The summed E-state index contributed by atoms with van der Waals surface area (Å²) in [6.45, 7) is 2.82. The number of halogens is 1. The molecule has 1 aliphatic heterocycles. The second-order valence-electron chi connectivity index (χ2n) is 4.87. The summed E-state index contributed by atoms with van der Waals surface area (Å²) < 4.78 is 14.0. The van der Waals surface area contributed by atoms with Gasteiger partial charge in [-0.1, -0.05) is 49.4 Å². The molecule has 2 unspecified atom stereocenters. The predicted molar refractivity (Wildman–Crippen MR) is 70.8 cm³/mol. The molecule has 1 N–H and O–H groups in total. The standard InChI is InChI=1S/C16H16FN/c1-11-15-13(8-5-9-14(15)17)10-18-16(11)12-6-3-2-4-7-12/h2-9,11,16,18H,10H2,1H3. The van der Waals surface area contributed by atoms with E-state index in [9.17, 15) is 4.39 Å². The van der Waals surface area contributed by atoms with Crippen molar-refractivity contribution in [1.29, 1.82) is 0 Å². The van der Waals surface area contributed by atoms with Crippen molar-refractivity contribution >= 4 is 0 Å². The maximum atomic E-state index is 14.0. The van der Waals surface area contributed by atoms with Crippen LogP contribution in [0.25, 0.3) is 0 Å². The lowest BCUT2D eigenvalue weighted by Crippen LogP contribution is -2.32. The smallest absolute Gasteiger partial charge is 0.127 e. The lowest BCUT2D eigenvalue weighted by molar-refractivity contribution is 0.417. The molecule has 1 heterocycles. The first-order valence-electron chi connectivity index (χ1n) is 6.33. The summed E-state index contributed by atoms with van der Waals surface area (Å²) in [5.41, 5.74) is 3.17. The van der Waals surface area contributed by atoms with Gasteiger partial charge in [0.15, 0.2) is 0 Å². The van der Waals surface area contributed by atoms with Crippen LogP contribution in [-0.2, 0) is 6.54 Å². The highest BCUT2D eigenvalue weighted by Gasteiger charge is 2.28. The largest absolute Gasteiger partial charge is 0.305 e. The van der Waals surface area contributed by atoms with Crippen molar-refractivity contribution in [2.24, 2.45) is 0 Å². The van der Waals surface area contributed by atoms with Crippen LogP contribution < -0.4 is 5.32 Å². The van der Waals surface area contributed by atoms with E-state index in [2.05, 4.69) is 24.4 Å². The number of hydrogen-bond acceptors (Lipinski definition) is 1. The highest BCUT2D eigenvalue weighted by Crippen LogP contribution is 2.37. The van der Waals surface area contributed by atoms with E-state index >= 15 is 0 Å². The summed E-state index contributed by atoms with van der Waals surface area (Å²) in [6.07, 6.45) is 0. The van der Waals surface area contributed by atoms with E-state index < -0.39 is 0 Å². The molecule has 2 atom stereocenters. The minimum absolute atomic E-state index is 0.0811. The van der Waals surface area contributed by atoms with Crippen molar-refractivity contribution in [3.05, 3.63) is 71.0 Å². The van der Waals surface area contributed by atoms with Gasteiger partial charge in [-0.15, -0.1) is 0 Å². The Balaban J connectivity index is 2.02. The Morgan fingerprint density at radius 1 is 1.06 bits per heavy atom. The number of benzene rings is 2. The van der Waals surface area contributed by atoms with Gasteiger partial charge in [-0.05, 0) is 22.8 Å². The zero-order valence-corrected chi connectivity index (χ0v) is 10.4. The maximum Gasteiger partial charge on any atom is 0.127 e. The second kappa shape index (κ2) is 4.54. The average Bonchev–Trinajstić information content (AvgIpc) is 2.40. The molecule has 0 radical (unpaired) electrons. The molecule has 0 amide bonds. The highest BCUT2D eigenvalue weighted by molar-refractivity contribution is 5.37. The van der Waals surface area contributed by atoms with E-state index in [0.29, 0.717) is 0 Å². The van der Waals surface area contributed by atoms with Crippen molar-refractivity contribution in [3.8, 4) is 0 Å². The lowest BCUT2D eigenvalue weighted by Gasteiger charge is -2.33. The molecule has 2 aromatic carbocycles. The third-order valence-electron chi connectivity index (χ3n) is 3.77. The molecule has 0 aliphatic carbocycles. The summed E-state index contributed by atoms with van der Waals surface area (Å²) in [7, 11) is 0. The first kappa shape index (κ1) is 11.4. The number of rotatable bonds is 1. The molecule has 92 valence electrons. The van der Waals surface area contributed by atoms with Crippen LogP contribution in [0.3, 0.4) is 0 Å². The van der Waals surface area contributed by atoms with Gasteiger partial charge in [0.05, 0.1) is 0 Å². The Kier molecular flexibility index (Phi) is 2.88. The molecule has 3 rings (SSSR count). The minimum Gasteiger partial charge on any atom is -0.305 e. The van der Waals surface area contributed by atoms with Gasteiger partial charge < -0.3 is 5.32 Å². The van der Waals surface area contributed by atoms with E-state index in [4.69, 9.17) is 0 Å². The van der Waals surface area contributed by atoms with Crippen molar-refractivity contribution in [2.45, 2.75) is 25.4 Å². The molecule has 1 aliphatic rings. The average molecular weight is 241 g/mol. The zero-order valence-electron chi connectivity index (χ0n) is 10.4. The van der Waals surface area contributed by atoms with Crippen LogP contribution in [0.1, 0.15) is 35.6 Å². The van der Waals surface area contributed by atoms with Crippen LogP contribution in [0.15, 0.2) is 48.5 Å². The maximum absolute atomic E-state index is 14.0. The number of hydrogen-bond donors (Lipinski definition) is 1. The van der Waals surface area contributed by atoms with E-state index in [0.717, 1.165) is 17.7 Å². The molecular weight excluding hydrogens is 225 g/mol. The van der Waals surface area contributed by atoms with E-state index in [1.807, 2.05) is 24.3 Å². The van der Waals surface area contributed by atoms with Crippen molar-refractivity contribution in [1.82, 2.24) is 5.32 Å². The summed E-state index contributed by atoms with van der Waals surface area (Å²) in [5.74, 6) is 0.0692. The van der Waals surface area contributed by atoms with Crippen LogP contribution in [0.2, 0.25) is 0 Å². The molecule has 0 spiro atoms. The van der Waals surface area contributed by atoms with Crippen LogP contribution in [0.4, 0.5) is 4.39 Å². The van der Waals surface area contributed by atoms with Crippen LogP contribution in [-0.4, -0.2) is 0 Å². The summed E-state index contributed by atoms with van der Waals surface area (Å²) in [4.78, 5) is 0. The summed E-state index contributed by atoms with van der Waals surface area (Å²) in [5, 5.41) is 3.50. The molecule has 2 aromatic rings. The zero-order chi connectivity index (χ0) is 12.5. The fraction of sp³-hybridized carbons (Fsp3) is 0.250.